The van der Waals surface area contributed by atoms with Crippen LogP contribution in [-0.4, -0.2) is 19.0 Å². The van der Waals surface area contributed by atoms with Crippen molar-refractivity contribution in [2.24, 2.45) is 17.1 Å². The molecule has 0 spiro atoms. The van der Waals surface area contributed by atoms with E-state index in [4.69, 9.17) is 5.73 Å². The molecule has 2 aliphatic rings. The van der Waals surface area contributed by atoms with Crippen LogP contribution in [0.1, 0.15) is 77.0 Å². The van der Waals surface area contributed by atoms with Gasteiger partial charge in [-0.25, -0.2) is 0 Å². The van der Waals surface area contributed by atoms with Crippen LogP contribution in [0.15, 0.2) is 0 Å². The van der Waals surface area contributed by atoms with E-state index < -0.39 is 0 Å². The Hall–Kier alpha value is -0.570. The molecule has 1 amide bonds. The van der Waals surface area contributed by atoms with E-state index in [9.17, 15) is 4.79 Å². The first-order valence-electron chi connectivity index (χ1n) is 8.75. The van der Waals surface area contributed by atoms with Crippen molar-refractivity contribution in [3.05, 3.63) is 0 Å². The lowest BCUT2D eigenvalue weighted by molar-refractivity contribution is -0.131. The maximum atomic E-state index is 12.6. The molecule has 0 aromatic heterocycles. The highest BCUT2D eigenvalue weighted by molar-refractivity contribution is 5.82. The van der Waals surface area contributed by atoms with Crippen molar-refractivity contribution in [1.82, 2.24) is 5.32 Å². The van der Waals surface area contributed by atoms with Crippen molar-refractivity contribution < 1.29 is 4.79 Å². The quantitative estimate of drug-likeness (QED) is 0.759. The van der Waals surface area contributed by atoms with Crippen LogP contribution in [0.4, 0.5) is 0 Å². The highest BCUT2D eigenvalue weighted by Crippen LogP contribution is 2.34. The van der Waals surface area contributed by atoms with Crippen molar-refractivity contribution in [1.29, 1.82) is 0 Å². The topological polar surface area (TPSA) is 55.1 Å². The van der Waals surface area contributed by atoms with Gasteiger partial charge in [-0.05, 0) is 25.2 Å². The summed E-state index contributed by atoms with van der Waals surface area (Å²) in [5, 5.41) is 3.20. The summed E-state index contributed by atoms with van der Waals surface area (Å²) in [5.41, 5.74) is 5.70. The van der Waals surface area contributed by atoms with E-state index >= 15 is 0 Å². The molecule has 0 atom stereocenters. The fourth-order valence-electron chi connectivity index (χ4n) is 3.98. The third kappa shape index (κ3) is 4.21. The number of carbonyl (C=O) groups is 1. The lowest BCUT2D eigenvalue weighted by Crippen LogP contribution is -2.46. The SMILES string of the molecule is NCC1(C(=O)NCCC2CCCCC2)CCCCCC1. The summed E-state index contributed by atoms with van der Waals surface area (Å²) >= 11 is 0. The second-order valence-corrected chi connectivity index (χ2v) is 6.95. The van der Waals surface area contributed by atoms with Gasteiger partial charge in [-0.3, -0.25) is 4.79 Å². The van der Waals surface area contributed by atoms with E-state index in [1.165, 1.54) is 44.9 Å². The van der Waals surface area contributed by atoms with Gasteiger partial charge in [-0.15, -0.1) is 0 Å². The van der Waals surface area contributed by atoms with Gasteiger partial charge in [0.25, 0.3) is 0 Å². The summed E-state index contributed by atoms with van der Waals surface area (Å²) in [7, 11) is 0. The van der Waals surface area contributed by atoms with Gasteiger partial charge in [0, 0.05) is 13.1 Å². The number of carbonyl (C=O) groups excluding carboxylic acids is 1. The first-order chi connectivity index (χ1) is 9.77. The molecule has 2 saturated carbocycles. The number of nitrogens with one attached hydrogen (secondary N) is 1. The summed E-state index contributed by atoms with van der Waals surface area (Å²) in [5.74, 6) is 1.07. The minimum absolute atomic E-state index is 0.234. The molecular weight excluding hydrogens is 248 g/mol. The van der Waals surface area contributed by atoms with Gasteiger partial charge in [0.1, 0.15) is 0 Å². The number of amides is 1. The average molecular weight is 280 g/mol. The Bertz CT molecular complexity index is 289. The van der Waals surface area contributed by atoms with Crippen LogP contribution in [0.5, 0.6) is 0 Å². The third-order valence-corrected chi connectivity index (χ3v) is 5.50. The molecular formula is C17H32N2O. The number of hydrogen-bond donors (Lipinski definition) is 2. The van der Waals surface area contributed by atoms with Crippen molar-refractivity contribution in [3.63, 3.8) is 0 Å². The predicted octanol–water partition coefficient (Wildman–Crippen LogP) is 3.37. The minimum atomic E-state index is -0.261. The molecule has 2 rings (SSSR count). The maximum Gasteiger partial charge on any atom is 0.227 e. The summed E-state index contributed by atoms with van der Waals surface area (Å²) in [6, 6.07) is 0. The van der Waals surface area contributed by atoms with Crippen LogP contribution in [0.3, 0.4) is 0 Å². The Kier molecular flexibility index (Phi) is 6.34. The fourth-order valence-corrected chi connectivity index (χ4v) is 3.98. The Labute approximate surface area is 124 Å². The Morgan fingerprint density at radius 3 is 2.20 bits per heavy atom. The van der Waals surface area contributed by atoms with Gasteiger partial charge in [0.2, 0.25) is 5.91 Å². The van der Waals surface area contributed by atoms with Gasteiger partial charge >= 0.3 is 0 Å². The standard InChI is InChI=1S/C17H32N2O/c18-14-17(11-6-1-2-7-12-17)16(20)19-13-10-15-8-4-3-5-9-15/h15H,1-14,18H2,(H,19,20). The number of rotatable bonds is 5. The molecule has 20 heavy (non-hydrogen) atoms. The van der Waals surface area contributed by atoms with Crippen LogP contribution in [-0.2, 0) is 4.79 Å². The normalized spacial score (nSPS) is 24.1. The van der Waals surface area contributed by atoms with Gasteiger partial charge in [0.15, 0.2) is 0 Å². The molecule has 0 saturated heterocycles. The van der Waals surface area contributed by atoms with E-state index in [2.05, 4.69) is 5.32 Å². The molecule has 0 unspecified atom stereocenters. The highest BCUT2D eigenvalue weighted by Gasteiger charge is 2.36. The molecule has 0 aliphatic heterocycles. The predicted molar refractivity (Wildman–Crippen MR) is 83.4 cm³/mol. The van der Waals surface area contributed by atoms with E-state index in [0.717, 1.165) is 44.6 Å². The molecule has 3 N–H and O–H groups in total. The fraction of sp³-hybridized carbons (Fsp3) is 0.941. The van der Waals surface area contributed by atoms with Crippen molar-refractivity contribution in [3.8, 4) is 0 Å². The second-order valence-electron chi connectivity index (χ2n) is 6.95. The zero-order chi connectivity index (χ0) is 14.3. The first kappa shape index (κ1) is 15.8. The molecule has 0 aromatic carbocycles. The van der Waals surface area contributed by atoms with E-state index in [1.807, 2.05) is 0 Å². The van der Waals surface area contributed by atoms with Crippen LogP contribution in [0.25, 0.3) is 0 Å². The van der Waals surface area contributed by atoms with Crippen LogP contribution >= 0.6 is 0 Å². The van der Waals surface area contributed by atoms with Gasteiger partial charge in [-0.2, -0.15) is 0 Å². The summed E-state index contributed by atoms with van der Waals surface area (Å²) in [4.78, 5) is 12.6. The second kappa shape index (κ2) is 8.02. The van der Waals surface area contributed by atoms with Crippen LogP contribution < -0.4 is 11.1 Å². The maximum absolute atomic E-state index is 12.6. The Morgan fingerprint density at radius 1 is 1.00 bits per heavy atom. The lowest BCUT2D eigenvalue weighted by atomic mass is 9.79. The van der Waals surface area contributed by atoms with Gasteiger partial charge < -0.3 is 11.1 Å². The molecule has 3 heteroatoms. The van der Waals surface area contributed by atoms with Crippen molar-refractivity contribution in [2.75, 3.05) is 13.1 Å². The van der Waals surface area contributed by atoms with E-state index in [1.54, 1.807) is 0 Å². The summed E-state index contributed by atoms with van der Waals surface area (Å²) in [6.45, 7) is 1.37. The van der Waals surface area contributed by atoms with Crippen LogP contribution in [0.2, 0.25) is 0 Å². The molecule has 3 nitrogen and oxygen atoms in total. The molecule has 0 aromatic rings. The largest absolute Gasteiger partial charge is 0.356 e. The van der Waals surface area contributed by atoms with Gasteiger partial charge in [0.05, 0.1) is 5.41 Å². The smallest absolute Gasteiger partial charge is 0.227 e. The molecule has 2 aliphatic carbocycles. The van der Waals surface area contributed by atoms with E-state index in [0.29, 0.717) is 6.54 Å². The molecule has 0 bridgehead atoms. The Morgan fingerprint density at radius 2 is 1.60 bits per heavy atom. The zero-order valence-corrected chi connectivity index (χ0v) is 13.0. The molecule has 0 heterocycles. The van der Waals surface area contributed by atoms with E-state index in [-0.39, 0.29) is 11.3 Å². The molecule has 2 fully saturated rings. The van der Waals surface area contributed by atoms with Crippen molar-refractivity contribution >= 4 is 5.91 Å². The molecule has 116 valence electrons. The Balaban J connectivity index is 1.76. The van der Waals surface area contributed by atoms with Crippen molar-refractivity contribution in [2.45, 2.75) is 77.0 Å². The number of nitrogens with two attached hydrogens (primary N) is 1. The highest BCUT2D eigenvalue weighted by atomic mass is 16.2. The minimum Gasteiger partial charge on any atom is -0.356 e. The van der Waals surface area contributed by atoms with Gasteiger partial charge in [-0.1, -0.05) is 57.8 Å². The zero-order valence-electron chi connectivity index (χ0n) is 13.0. The summed E-state index contributed by atoms with van der Waals surface area (Å²) < 4.78 is 0. The lowest BCUT2D eigenvalue weighted by Gasteiger charge is -2.30. The summed E-state index contributed by atoms with van der Waals surface area (Å²) in [6.07, 6.45) is 14.9. The first-order valence-corrected chi connectivity index (χ1v) is 8.75. The van der Waals surface area contributed by atoms with Crippen LogP contribution in [0, 0.1) is 11.3 Å². The monoisotopic (exact) mass is 280 g/mol. The molecule has 0 radical (unpaired) electrons. The average Bonchev–Trinajstić information content (AvgIpc) is 2.74. The number of hydrogen-bond acceptors (Lipinski definition) is 2. The third-order valence-electron chi connectivity index (χ3n) is 5.50.